The Morgan fingerprint density at radius 1 is 0.459 bits per heavy atom. The number of para-hydroxylation sites is 1. The number of nitrogens with two attached hydrogens (primary N) is 3. The molecule has 6 aromatic carbocycles. The number of esters is 3. The Morgan fingerprint density at radius 2 is 0.801 bits per heavy atom. The topological polar surface area (TPSA) is 417 Å². The Hall–Kier alpha value is -11.3. The molecular formula is C110H131Cl5N12O16S3. The summed E-state index contributed by atoms with van der Waals surface area (Å²) in [5.41, 5.74) is 17.7. The maximum absolute atomic E-state index is 15.1. The summed E-state index contributed by atoms with van der Waals surface area (Å²) in [5.74, 6) is -3.69. The molecule has 0 bridgehead atoms. The predicted molar refractivity (Wildman–Crippen MR) is 584 cm³/mol. The summed E-state index contributed by atoms with van der Waals surface area (Å²) in [4.78, 5) is 124. The van der Waals surface area contributed by atoms with E-state index in [1.165, 1.54) is 35.2 Å². The minimum absolute atomic E-state index is 0.00788. The van der Waals surface area contributed by atoms with Crippen molar-refractivity contribution in [3.05, 3.63) is 253 Å². The number of aromatic amines is 2. The fourth-order valence-corrected chi connectivity index (χ4v) is 24.4. The minimum atomic E-state index is -4.51. The van der Waals surface area contributed by atoms with Gasteiger partial charge in [-0.1, -0.05) is 306 Å². The zero-order valence-corrected chi connectivity index (χ0v) is 92.6. The summed E-state index contributed by atoms with van der Waals surface area (Å²) in [6.45, 7) is 49.0. The number of halogens is 5. The lowest BCUT2D eigenvalue weighted by Gasteiger charge is -2.50. The fourth-order valence-electron chi connectivity index (χ4n) is 20.8. The lowest BCUT2D eigenvalue weighted by molar-refractivity contribution is -0.0927. The molecule has 0 aliphatic heterocycles. The summed E-state index contributed by atoms with van der Waals surface area (Å²) in [5, 5.41) is 11.5. The summed E-state index contributed by atoms with van der Waals surface area (Å²) in [7, 11) is -4.51. The molecule has 2 amide bonds. The Balaban J connectivity index is 0.000000186. The van der Waals surface area contributed by atoms with Crippen molar-refractivity contribution in [1.29, 1.82) is 0 Å². The minimum Gasteiger partial charge on any atom is -0.512 e. The number of ether oxygens (including phenoxy) is 3. The average molecular weight is 2150 g/mol. The lowest BCUT2D eigenvalue weighted by Crippen LogP contribution is -2.49. The maximum Gasteiger partial charge on any atom is 0.342 e. The van der Waals surface area contributed by atoms with Gasteiger partial charge in [0.25, 0.3) is 28.5 Å². The molecule has 0 radical (unpaired) electrons. The molecule has 3 saturated carbocycles. The van der Waals surface area contributed by atoms with E-state index >= 15 is 4.79 Å². The third-order valence-corrected chi connectivity index (χ3v) is 32.4. The van der Waals surface area contributed by atoms with Crippen LogP contribution in [0, 0.1) is 92.7 Å². The van der Waals surface area contributed by atoms with Crippen molar-refractivity contribution in [2.24, 2.45) is 85.8 Å². The first-order chi connectivity index (χ1) is 67.9. The van der Waals surface area contributed by atoms with Gasteiger partial charge in [-0.3, -0.25) is 33.1 Å². The van der Waals surface area contributed by atoms with E-state index in [2.05, 4.69) is 170 Å². The summed E-state index contributed by atoms with van der Waals surface area (Å²) in [6, 6.07) is 44.1. The third kappa shape index (κ3) is 24.5. The number of aliphatic hydroxyl groups excluding tert-OH is 1. The highest BCUT2D eigenvalue weighted by atomic mass is 35.5. The quantitative estimate of drug-likeness (QED) is 0.0268. The Kier molecular flexibility index (Phi) is 33.3. The third-order valence-electron chi connectivity index (χ3n) is 28.2. The van der Waals surface area contributed by atoms with Crippen LogP contribution >= 0.6 is 69.8 Å². The Bertz CT molecular complexity index is 7290. The first-order valence-electron chi connectivity index (χ1n) is 48.6. The smallest absolute Gasteiger partial charge is 0.342 e. The van der Waals surface area contributed by atoms with Gasteiger partial charge in [0.2, 0.25) is 0 Å². The van der Waals surface area contributed by atoms with Crippen LogP contribution in [0.3, 0.4) is 0 Å². The van der Waals surface area contributed by atoms with Crippen molar-refractivity contribution in [2.45, 2.75) is 226 Å². The van der Waals surface area contributed by atoms with Gasteiger partial charge in [0.05, 0.1) is 10.7 Å². The van der Waals surface area contributed by atoms with Crippen LogP contribution in [-0.2, 0) is 35.7 Å². The van der Waals surface area contributed by atoms with E-state index in [0.29, 0.717) is 60.6 Å². The number of hydrogen-bond donors (Lipinski definition) is 9. The molecule has 28 nitrogen and oxygen atoms in total. The molecular weight excluding hydrogens is 2020 g/mol. The molecule has 6 aromatic heterocycles. The molecule has 3 fully saturated rings. The van der Waals surface area contributed by atoms with E-state index in [0.717, 1.165) is 57.8 Å². The number of nitrogen functional groups attached to an aromatic ring is 3. The molecule has 36 heteroatoms. The van der Waals surface area contributed by atoms with Crippen LogP contribution in [0.25, 0.3) is 56.1 Å². The number of H-pyrrole nitrogens is 2. The van der Waals surface area contributed by atoms with Gasteiger partial charge in [-0.05, 0) is 192 Å². The highest BCUT2D eigenvalue weighted by Gasteiger charge is 2.53. The summed E-state index contributed by atoms with van der Waals surface area (Å²) in [6.07, 6.45) is 4.09. The monoisotopic (exact) mass is 2150 g/mol. The zero-order valence-electron chi connectivity index (χ0n) is 86.4. The number of fused-ring (bicyclic) bond motifs is 3. The number of anilines is 4. The number of aromatic nitrogens is 6. The van der Waals surface area contributed by atoms with Crippen LogP contribution in [0.5, 0.6) is 5.75 Å². The van der Waals surface area contributed by atoms with E-state index in [9.17, 15) is 51.3 Å². The molecule has 0 spiro atoms. The number of nitrogens with one attached hydrogen (secondary N) is 5. The van der Waals surface area contributed by atoms with Gasteiger partial charge in [0.1, 0.15) is 102 Å². The van der Waals surface area contributed by atoms with Crippen LogP contribution in [-0.4, -0.2) is 93.9 Å². The zero-order chi connectivity index (χ0) is 108. The van der Waals surface area contributed by atoms with Gasteiger partial charge >= 0.3 is 39.4 Å². The molecule has 3 aliphatic carbocycles. The van der Waals surface area contributed by atoms with E-state index in [1.807, 2.05) is 42.0 Å². The van der Waals surface area contributed by atoms with Gasteiger partial charge in [0.15, 0.2) is 5.65 Å². The van der Waals surface area contributed by atoms with Gasteiger partial charge in [0, 0.05) is 72.2 Å². The highest BCUT2D eigenvalue weighted by molar-refractivity contribution is 7.99. The number of amides is 2. The van der Waals surface area contributed by atoms with Gasteiger partial charge in [-0.2, -0.15) is 12.6 Å². The summed E-state index contributed by atoms with van der Waals surface area (Å²) >= 11 is 31.3. The Morgan fingerprint density at radius 3 is 1.19 bits per heavy atom. The second-order valence-electron chi connectivity index (χ2n) is 45.4. The van der Waals surface area contributed by atoms with Crippen LogP contribution in [0.1, 0.15) is 248 Å². The predicted octanol–water partition coefficient (Wildman–Crippen LogP) is 24.1. The van der Waals surface area contributed by atoms with Crippen molar-refractivity contribution < 1.29 is 60.1 Å². The molecule has 7 atom stereocenters. The molecule has 3 aliphatic rings. The van der Waals surface area contributed by atoms with Crippen molar-refractivity contribution in [3.8, 4) is 39.1 Å². The van der Waals surface area contributed by atoms with Gasteiger partial charge in [-0.25, -0.2) is 37.6 Å². The molecule has 7 unspecified atom stereocenters. The number of aliphatic hydroxyl groups is 1. The number of nitrogens with zero attached hydrogens (tertiary/aromatic N) is 4. The maximum atomic E-state index is 15.1. The highest BCUT2D eigenvalue weighted by Crippen LogP contribution is 2.55. The number of carbonyl (C=O) groups is 5. The first kappa shape index (κ1) is 112. The SMILES string of the molecule is CC(O)=c1c(N)nc2c(C(=O)OC3C(C(C)(C)C)CC(C)CC3C(C)(C)C)c(-c3ccc(Cl)cc3)c(Cl)n2c1=O.CC1CC(C(C)(C)C)C(OC(=O)c2c(-c3ccc(Cl)cc3)c(Sc3ccccc3)n3c(=O)c(C(=O)NS(=O)(=O)Nc4ccccc4)c(N)[nH]c23)C(C(C)(C)C)C1.Cc1ccc(OS(=O)NC(=O)c2c(N)[nH]c3c(C(=O)OC4C(C(C)(C)C)CC(C)CC4C(C)(C)C)c(-c4ccc(Cl)cc4)c(Cl)n3c2=O)cc1. The lowest BCUT2D eigenvalue weighted by atomic mass is 9.59. The standard InChI is InChI=1S/C42H48ClN5O6S2.C37H44Cl2N4O6S.C31H39Cl2N3O4/c1-24-22-29(41(2,3)4)34(30(23-24)42(5,6)7)54-40(51)32-31(25-18-20-26(43)21-19-25)39(55-28-16-12-9-13-17-28)48-36(32)45-35(44)33(38(48)50)37(49)47-56(52,53)46-27-14-10-8-11-15-27;1-19-9-15-23(16-10-19)49-50(47)42-33(44)28-31(40)41-32-27(26(30(39)43(32)34(28)45)21-11-13-22(38)14-12-21)35(46)48-29-24(36(3,4)5)17-20(2)18-25(29)37(6,7)8;1-15-13-19(30(3,4)5)24(20(14-15)31(6,7)8)40-29(39)23-22(17-9-11-18(32)12-10-17)25(33)36-27(23)35-26(34)21(16(2)37)28(36)38/h8-21,24,29-30,34,45-46H,22-23,44H2,1-7H3,(H,47,49);9-16,20,24-25,29,41H,17-18,40H2,1-8H3,(H,42,44);9-12,15,19-20,24,37H,13-14H2,1-8H3,(H2,34,35). The van der Waals surface area contributed by atoms with Crippen LogP contribution in [0.2, 0.25) is 25.4 Å². The normalized spacial score (nSPS) is 20.5. The molecule has 12 N–H and O–H groups in total. The number of aryl methyl sites for hydroxylation is 1. The second kappa shape index (κ2) is 43.5. The molecule has 0 saturated heterocycles. The largest absolute Gasteiger partial charge is 0.512 e. The van der Waals surface area contributed by atoms with E-state index in [-0.39, 0.29) is 163 Å². The van der Waals surface area contributed by atoms with Crippen molar-refractivity contribution >= 4 is 167 Å². The molecule has 12 aromatic rings. The average Bonchev–Trinajstić information content (AvgIpc) is 1.58. The molecule has 146 heavy (non-hydrogen) atoms. The van der Waals surface area contributed by atoms with Crippen molar-refractivity contribution in [3.63, 3.8) is 0 Å². The van der Waals surface area contributed by atoms with Crippen LogP contribution in [0.4, 0.5) is 23.1 Å². The Labute approximate surface area is 883 Å². The van der Waals surface area contributed by atoms with Crippen LogP contribution in [0.15, 0.2) is 182 Å². The fraction of sp³-hybridized carbons (Fsp3) is 0.427. The number of carbonyl (C=O) groups excluding carboxylic acids is 5. The second-order valence-corrected chi connectivity index (χ2v) is 50.8. The van der Waals surface area contributed by atoms with E-state index in [1.54, 1.807) is 115 Å². The number of hydrogen-bond acceptors (Lipinski definition) is 21. The molecule has 15 rings (SSSR count). The summed E-state index contributed by atoms with van der Waals surface area (Å²) < 4.78 is 73.5. The molecule has 780 valence electrons. The first-order valence-corrected chi connectivity index (χ1v) is 53.8. The van der Waals surface area contributed by atoms with E-state index in [4.69, 9.17) is 93.6 Å². The number of benzene rings is 6. The van der Waals surface area contributed by atoms with Gasteiger partial charge < -0.3 is 50.7 Å². The van der Waals surface area contributed by atoms with Crippen LogP contribution < -0.4 is 57.4 Å². The van der Waals surface area contributed by atoms with Crippen molar-refractivity contribution in [1.82, 2.24) is 37.6 Å². The van der Waals surface area contributed by atoms with E-state index < -0.39 is 97.0 Å². The number of rotatable bonds is 19. The van der Waals surface area contributed by atoms with Gasteiger partial charge in [-0.15, -0.1) is 0 Å². The van der Waals surface area contributed by atoms with Crippen molar-refractivity contribution in [2.75, 3.05) is 21.9 Å². The molecule has 6 heterocycles.